The van der Waals surface area contributed by atoms with Gasteiger partial charge in [0, 0.05) is 20.8 Å². The maximum absolute atomic E-state index is 4.35. The number of hydrogen-bond acceptors (Lipinski definition) is 2. The summed E-state index contributed by atoms with van der Waals surface area (Å²) in [4.78, 5) is 2.10. The molecular formula is C5H5N2P3. The van der Waals surface area contributed by atoms with Crippen molar-refractivity contribution >= 4 is 29.1 Å². The van der Waals surface area contributed by atoms with Gasteiger partial charge in [0.15, 0.2) is 0 Å². The molecule has 50 valence electrons. The van der Waals surface area contributed by atoms with Gasteiger partial charge in [-0.1, -0.05) is 0 Å². The van der Waals surface area contributed by atoms with Crippen LogP contribution in [0.2, 0.25) is 0 Å². The summed E-state index contributed by atoms with van der Waals surface area (Å²) in [6, 6.07) is 0. The molecule has 10 heavy (non-hydrogen) atoms. The topological polar surface area (TPSA) is 15.9 Å². The summed E-state index contributed by atoms with van der Waals surface area (Å²) in [6.45, 7) is 0. The molecule has 0 radical (unpaired) electrons. The van der Waals surface area contributed by atoms with E-state index < -0.39 is 0 Å². The average molecular weight is 186 g/mol. The molecule has 0 aliphatic carbocycles. The number of rotatable bonds is 1. The van der Waals surface area contributed by atoms with E-state index in [2.05, 4.69) is 21.6 Å². The number of hydrogen-bond donors (Lipinski definition) is 0. The summed E-state index contributed by atoms with van der Waals surface area (Å²) >= 11 is 0. The van der Waals surface area contributed by atoms with Crippen molar-refractivity contribution in [2.24, 2.45) is 0 Å². The third kappa shape index (κ3) is 1.20. The minimum absolute atomic E-state index is 1.17. The van der Waals surface area contributed by atoms with Crippen LogP contribution < -0.4 is 0 Å². The van der Waals surface area contributed by atoms with Crippen molar-refractivity contribution in [3.05, 3.63) is 17.7 Å². The smallest absolute Gasteiger partial charge is 0.0984 e. The first-order valence-electron chi connectivity index (χ1n) is 2.84. The fourth-order valence-corrected chi connectivity index (χ4v) is 3.77. The summed E-state index contributed by atoms with van der Waals surface area (Å²) in [6.07, 6.45) is 2.10. The zero-order valence-corrected chi connectivity index (χ0v) is 8.07. The number of nitrogens with zero attached hydrogens (tertiary/aromatic N) is 2. The van der Waals surface area contributed by atoms with Crippen LogP contribution in [0.5, 0.6) is 0 Å². The van der Waals surface area contributed by atoms with Gasteiger partial charge in [-0.25, -0.2) is 4.75 Å². The highest BCUT2D eigenvalue weighted by Crippen LogP contribution is 2.35. The molecule has 0 N–H and O–H groups in total. The number of aromatic nitrogens is 1. The van der Waals surface area contributed by atoms with Gasteiger partial charge in [0.2, 0.25) is 0 Å². The van der Waals surface area contributed by atoms with Crippen molar-refractivity contribution in [1.82, 2.24) is 9.65 Å². The van der Waals surface area contributed by atoms with E-state index in [0.717, 1.165) is 0 Å². The Hall–Kier alpha value is -0.0200. The fraction of sp³-hybridized carbons (Fsp3) is 0.200. The Labute approximate surface area is 64.1 Å². The van der Waals surface area contributed by atoms with E-state index in [-0.39, 0.29) is 0 Å². The zero-order valence-electron chi connectivity index (χ0n) is 5.39. The lowest BCUT2D eigenvalue weighted by atomic mass is 10.5. The molecule has 1 aliphatic heterocycles. The van der Waals surface area contributed by atoms with Crippen molar-refractivity contribution in [2.75, 3.05) is 7.05 Å². The monoisotopic (exact) mass is 186 g/mol. The van der Waals surface area contributed by atoms with E-state index in [4.69, 9.17) is 0 Å². The van der Waals surface area contributed by atoms with E-state index in [9.17, 15) is 0 Å². The fourth-order valence-electron chi connectivity index (χ4n) is 0.716. The van der Waals surface area contributed by atoms with Crippen LogP contribution >= 0.6 is 23.4 Å². The van der Waals surface area contributed by atoms with Gasteiger partial charge in [-0.05, 0) is 13.7 Å². The van der Waals surface area contributed by atoms with Gasteiger partial charge in [0.05, 0.1) is 19.4 Å². The molecule has 1 aromatic heterocycles. The van der Waals surface area contributed by atoms with Gasteiger partial charge in [-0.15, -0.1) is 0 Å². The Morgan fingerprint density at radius 1 is 1.60 bits per heavy atom. The lowest BCUT2D eigenvalue weighted by Gasteiger charge is -1.93. The summed E-state index contributed by atoms with van der Waals surface area (Å²) in [7, 11) is 5.99. The lowest BCUT2D eigenvalue weighted by Crippen LogP contribution is -1.86. The van der Waals surface area contributed by atoms with Crippen molar-refractivity contribution in [3.63, 3.8) is 0 Å². The van der Waals surface area contributed by atoms with E-state index in [1.54, 1.807) is 0 Å². The Balaban J connectivity index is 2.29. The third-order valence-corrected chi connectivity index (χ3v) is 4.98. The highest BCUT2D eigenvalue weighted by molar-refractivity contribution is 8.14. The largest absolute Gasteiger partial charge is 0.346 e. The van der Waals surface area contributed by atoms with Crippen molar-refractivity contribution in [3.8, 4) is 0 Å². The van der Waals surface area contributed by atoms with Crippen LogP contribution in [-0.4, -0.2) is 16.7 Å². The minimum Gasteiger partial charge on any atom is -0.346 e. The van der Waals surface area contributed by atoms with Crippen LogP contribution in [0.1, 0.15) is 5.69 Å². The second-order valence-electron chi connectivity index (χ2n) is 2.03. The first-order valence-corrected chi connectivity index (χ1v) is 6.95. The maximum atomic E-state index is 4.35. The molecule has 1 aromatic rings. The van der Waals surface area contributed by atoms with E-state index in [1.165, 1.54) is 34.8 Å². The molecule has 0 atom stereocenters. The summed E-state index contributed by atoms with van der Waals surface area (Å²) in [5.74, 6) is 2.17. The first kappa shape index (κ1) is 6.68. The highest BCUT2D eigenvalue weighted by atomic mass is 32.1. The van der Waals surface area contributed by atoms with Crippen molar-refractivity contribution in [2.45, 2.75) is 0 Å². The molecule has 1 aliphatic rings. The van der Waals surface area contributed by atoms with Crippen LogP contribution in [-0.2, 0) is 0 Å². The van der Waals surface area contributed by atoms with Gasteiger partial charge in [0.1, 0.15) is 0 Å². The summed E-state index contributed by atoms with van der Waals surface area (Å²) in [5.41, 5.74) is 2.46. The molecule has 0 fully saturated rings. The Morgan fingerprint density at radius 3 is 2.90 bits per heavy atom. The Bertz CT molecular complexity index is 271. The summed E-state index contributed by atoms with van der Waals surface area (Å²) < 4.78 is 4.35. The molecule has 5 heteroatoms. The molecule has 2 heterocycles. The van der Waals surface area contributed by atoms with Crippen LogP contribution in [0.25, 0.3) is 5.70 Å². The van der Waals surface area contributed by atoms with Crippen molar-refractivity contribution in [1.29, 1.82) is 0 Å². The zero-order chi connectivity index (χ0) is 6.97. The normalized spacial score (nSPS) is 17.3. The van der Waals surface area contributed by atoms with Gasteiger partial charge in [-0.2, -0.15) is 0 Å². The lowest BCUT2D eigenvalue weighted by molar-refractivity contribution is 0.775. The molecular weight excluding hydrogens is 181 g/mol. The summed E-state index contributed by atoms with van der Waals surface area (Å²) in [5, 5.41) is 0. The predicted molar refractivity (Wildman–Crippen MR) is 47.5 cm³/mol. The van der Waals surface area contributed by atoms with Crippen LogP contribution in [0.3, 0.4) is 0 Å². The molecule has 2 nitrogen and oxygen atoms in total. The van der Waals surface area contributed by atoms with Crippen LogP contribution in [0, 0.1) is 0 Å². The molecule has 0 bridgehead atoms. The SMILES string of the molecule is CN1C=C1c1cpppn1. The average Bonchev–Trinajstić information content (AvgIpc) is 2.69. The van der Waals surface area contributed by atoms with E-state index in [1.807, 2.05) is 7.05 Å². The third-order valence-electron chi connectivity index (χ3n) is 1.31. The van der Waals surface area contributed by atoms with Crippen molar-refractivity contribution < 1.29 is 0 Å². The maximum Gasteiger partial charge on any atom is 0.0984 e. The predicted octanol–water partition coefficient (Wildman–Crippen LogP) is 3.07. The van der Waals surface area contributed by atoms with Crippen LogP contribution in [0.15, 0.2) is 12.0 Å². The second-order valence-corrected chi connectivity index (χ2v) is 6.46. The molecule has 2 rings (SSSR count). The van der Waals surface area contributed by atoms with Crippen LogP contribution in [0.4, 0.5) is 0 Å². The molecule has 0 saturated carbocycles. The Kier molecular flexibility index (Phi) is 1.70. The van der Waals surface area contributed by atoms with Gasteiger partial charge >= 0.3 is 0 Å². The first-order chi connectivity index (χ1) is 4.88. The van der Waals surface area contributed by atoms with Gasteiger partial charge in [0.25, 0.3) is 0 Å². The minimum atomic E-state index is 1.17. The standard InChI is InChI=1S/C5H5N2P3/c1-7-2-5(7)4-3-8-10-9-6-4/h2-3H,1H3. The molecule has 0 unspecified atom stereocenters. The molecule has 0 spiro atoms. The second kappa shape index (κ2) is 2.55. The van der Waals surface area contributed by atoms with E-state index in [0.29, 0.717) is 0 Å². The van der Waals surface area contributed by atoms with Gasteiger partial charge < -0.3 is 4.90 Å². The quantitative estimate of drug-likeness (QED) is 0.669. The van der Waals surface area contributed by atoms with E-state index >= 15 is 0 Å². The van der Waals surface area contributed by atoms with Gasteiger partial charge in [-0.3, -0.25) is 0 Å². The molecule has 0 aromatic carbocycles. The Morgan fingerprint density at radius 2 is 2.40 bits per heavy atom. The molecule has 0 amide bonds. The highest BCUT2D eigenvalue weighted by Gasteiger charge is 2.18. The molecule has 0 saturated heterocycles.